The molecule has 2 N–H and O–H groups in total. The molecule has 0 saturated carbocycles. The predicted molar refractivity (Wildman–Crippen MR) is 84.6 cm³/mol. The molecular weight excluding hydrogens is 286 g/mol. The van der Waals surface area contributed by atoms with Crippen molar-refractivity contribution in [1.82, 2.24) is 15.3 Å². The molecule has 3 aromatic rings. The number of aromatic amines is 1. The molecular formula is C16H16ClN3O. The van der Waals surface area contributed by atoms with Crippen LogP contribution < -0.4 is 10.1 Å². The predicted octanol–water partition coefficient (Wildman–Crippen LogP) is 3.51. The van der Waals surface area contributed by atoms with Crippen molar-refractivity contribution in [1.29, 1.82) is 0 Å². The molecule has 3 rings (SSSR count). The summed E-state index contributed by atoms with van der Waals surface area (Å²) in [5.41, 5.74) is 3.06. The van der Waals surface area contributed by atoms with E-state index in [1.54, 1.807) is 13.3 Å². The zero-order chi connectivity index (χ0) is 14.7. The lowest BCUT2D eigenvalue weighted by atomic mass is 10.2. The quantitative estimate of drug-likeness (QED) is 0.758. The average molecular weight is 302 g/mol. The summed E-state index contributed by atoms with van der Waals surface area (Å²) in [5.74, 6) is 0.801. The lowest BCUT2D eigenvalue weighted by molar-refractivity contribution is 0.407. The van der Waals surface area contributed by atoms with E-state index in [1.165, 1.54) is 5.56 Å². The summed E-state index contributed by atoms with van der Waals surface area (Å²) >= 11 is 6.23. The van der Waals surface area contributed by atoms with E-state index in [0.717, 1.165) is 28.9 Å². The van der Waals surface area contributed by atoms with Gasteiger partial charge in [-0.3, -0.25) is 0 Å². The van der Waals surface area contributed by atoms with Gasteiger partial charge in [-0.2, -0.15) is 0 Å². The Bertz CT molecular complexity index is 754. The van der Waals surface area contributed by atoms with Gasteiger partial charge in [-0.15, -0.1) is 0 Å². The van der Waals surface area contributed by atoms with Gasteiger partial charge in [0.15, 0.2) is 0 Å². The highest BCUT2D eigenvalue weighted by Gasteiger charge is 2.08. The Kier molecular flexibility index (Phi) is 4.08. The minimum atomic E-state index is 0.649. The van der Waals surface area contributed by atoms with E-state index in [1.807, 2.05) is 30.5 Å². The number of benzene rings is 1. The van der Waals surface area contributed by atoms with Crippen LogP contribution in [0.5, 0.6) is 5.75 Å². The van der Waals surface area contributed by atoms with Crippen molar-refractivity contribution in [3.63, 3.8) is 0 Å². The first-order valence-electron chi connectivity index (χ1n) is 6.72. The zero-order valence-electron chi connectivity index (χ0n) is 11.7. The highest BCUT2D eigenvalue weighted by molar-refractivity contribution is 6.31. The molecule has 0 fully saturated rings. The van der Waals surface area contributed by atoms with E-state index >= 15 is 0 Å². The van der Waals surface area contributed by atoms with E-state index in [0.29, 0.717) is 11.6 Å². The van der Waals surface area contributed by atoms with Crippen molar-refractivity contribution in [2.45, 2.75) is 13.1 Å². The fraction of sp³-hybridized carbons (Fsp3) is 0.188. The molecule has 0 saturated heterocycles. The standard InChI is InChI=1S/C16H16ClN3O/c1-21-15-6-2-5-14(17)13(15)10-18-8-11-9-20-16-12(11)4-3-7-19-16/h2-7,9,18H,8,10H2,1H3,(H,19,20). The first-order chi connectivity index (χ1) is 10.3. The minimum absolute atomic E-state index is 0.649. The molecule has 0 amide bonds. The lowest BCUT2D eigenvalue weighted by Gasteiger charge is -2.11. The number of halogens is 1. The number of fused-ring (bicyclic) bond motifs is 1. The summed E-state index contributed by atoms with van der Waals surface area (Å²) in [6, 6.07) is 9.67. The summed E-state index contributed by atoms with van der Waals surface area (Å²) in [6.45, 7) is 1.38. The van der Waals surface area contributed by atoms with E-state index < -0.39 is 0 Å². The van der Waals surface area contributed by atoms with Gasteiger partial charge in [0.1, 0.15) is 11.4 Å². The second-order valence-corrected chi connectivity index (χ2v) is 5.14. The van der Waals surface area contributed by atoms with Crippen LogP contribution in [0, 0.1) is 0 Å². The summed E-state index contributed by atoms with van der Waals surface area (Å²) < 4.78 is 5.34. The molecule has 0 radical (unpaired) electrons. The first-order valence-corrected chi connectivity index (χ1v) is 7.10. The maximum absolute atomic E-state index is 6.23. The van der Waals surface area contributed by atoms with Gasteiger partial charge in [0, 0.05) is 41.5 Å². The Hall–Kier alpha value is -2.04. The lowest BCUT2D eigenvalue weighted by Crippen LogP contribution is -2.13. The van der Waals surface area contributed by atoms with E-state index in [-0.39, 0.29) is 0 Å². The number of methoxy groups -OCH3 is 1. The van der Waals surface area contributed by atoms with Gasteiger partial charge in [0.2, 0.25) is 0 Å². The van der Waals surface area contributed by atoms with E-state index in [9.17, 15) is 0 Å². The van der Waals surface area contributed by atoms with Crippen molar-refractivity contribution < 1.29 is 4.74 Å². The van der Waals surface area contributed by atoms with Gasteiger partial charge in [-0.1, -0.05) is 17.7 Å². The molecule has 2 aromatic heterocycles. The Labute approximate surface area is 128 Å². The number of rotatable bonds is 5. The van der Waals surface area contributed by atoms with Gasteiger partial charge in [-0.05, 0) is 29.8 Å². The molecule has 0 aliphatic carbocycles. The number of aromatic nitrogens is 2. The van der Waals surface area contributed by atoms with Crippen LogP contribution in [0.3, 0.4) is 0 Å². The summed E-state index contributed by atoms with van der Waals surface area (Å²) in [5, 5.41) is 5.25. The van der Waals surface area contributed by atoms with Gasteiger partial charge >= 0.3 is 0 Å². The van der Waals surface area contributed by atoms with Crippen LogP contribution in [0.15, 0.2) is 42.7 Å². The van der Waals surface area contributed by atoms with Crippen LogP contribution in [0.25, 0.3) is 11.0 Å². The van der Waals surface area contributed by atoms with Gasteiger partial charge in [-0.25, -0.2) is 4.98 Å². The van der Waals surface area contributed by atoms with Crippen molar-refractivity contribution in [3.8, 4) is 5.75 Å². The Balaban J connectivity index is 1.72. The molecule has 21 heavy (non-hydrogen) atoms. The number of nitrogens with one attached hydrogen (secondary N) is 2. The molecule has 0 aliphatic heterocycles. The molecule has 0 unspecified atom stereocenters. The number of hydrogen-bond donors (Lipinski definition) is 2. The topological polar surface area (TPSA) is 49.9 Å². The van der Waals surface area contributed by atoms with E-state index in [2.05, 4.69) is 21.4 Å². The summed E-state index contributed by atoms with van der Waals surface area (Å²) in [4.78, 5) is 7.45. The molecule has 0 aliphatic rings. The van der Waals surface area contributed by atoms with Gasteiger partial charge in [0.05, 0.1) is 7.11 Å². The monoisotopic (exact) mass is 301 g/mol. The van der Waals surface area contributed by atoms with E-state index in [4.69, 9.17) is 16.3 Å². The number of H-pyrrole nitrogens is 1. The minimum Gasteiger partial charge on any atom is -0.496 e. The maximum atomic E-state index is 6.23. The van der Waals surface area contributed by atoms with Crippen LogP contribution in [0.2, 0.25) is 5.02 Å². The van der Waals surface area contributed by atoms with Crippen LogP contribution in [-0.2, 0) is 13.1 Å². The summed E-state index contributed by atoms with van der Waals surface area (Å²) in [6.07, 6.45) is 3.76. The van der Waals surface area contributed by atoms with Crippen LogP contribution >= 0.6 is 11.6 Å². The van der Waals surface area contributed by atoms with Crippen LogP contribution in [0.1, 0.15) is 11.1 Å². The number of ether oxygens (including phenoxy) is 1. The normalized spacial score (nSPS) is 11.0. The molecule has 4 nitrogen and oxygen atoms in total. The number of nitrogens with zero attached hydrogens (tertiary/aromatic N) is 1. The zero-order valence-corrected chi connectivity index (χ0v) is 12.4. The molecule has 0 spiro atoms. The number of hydrogen-bond acceptors (Lipinski definition) is 3. The van der Waals surface area contributed by atoms with Gasteiger partial charge in [0.25, 0.3) is 0 Å². The SMILES string of the molecule is COc1cccc(Cl)c1CNCc1c[nH]c2ncccc12. The molecule has 1 aromatic carbocycles. The number of pyridine rings is 1. The molecule has 0 atom stereocenters. The molecule has 108 valence electrons. The molecule has 5 heteroatoms. The summed E-state index contributed by atoms with van der Waals surface area (Å²) in [7, 11) is 1.65. The van der Waals surface area contributed by atoms with Gasteiger partial charge < -0.3 is 15.0 Å². The van der Waals surface area contributed by atoms with Crippen molar-refractivity contribution in [2.24, 2.45) is 0 Å². The Morgan fingerprint density at radius 1 is 1.24 bits per heavy atom. The first kappa shape index (κ1) is 13.9. The van der Waals surface area contributed by atoms with Crippen molar-refractivity contribution in [2.75, 3.05) is 7.11 Å². The fourth-order valence-electron chi connectivity index (χ4n) is 2.38. The van der Waals surface area contributed by atoms with Crippen LogP contribution in [-0.4, -0.2) is 17.1 Å². The average Bonchev–Trinajstić information content (AvgIpc) is 2.92. The third kappa shape index (κ3) is 2.86. The smallest absolute Gasteiger partial charge is 0.137 e. The molecule has 2 heterocycles. The van der Waals surface area contributed by atoms with Crippen LogP contribution in [0.4, 0.5) is 0 Å². The largest absolute Gasteiger partial charge is 0.496 e. The second kappa shape index (κ2) is 6.16. The third-order valence-corrected chi connectivity index (χ3v) is 3.80. The van der Waals surface area contributed by atoms with Crippen molar-refractivity contribution in [3.05, 3.63) is 58.9 Å². The molecule has 0 bridgehead atoms. The highest BCUT2D eigenvalue weighted by atomic mass is 35.5. The highest BCUT2D eigenvalue weighted by Crippen LogP contribution is 2.26. The Morgan fingerprint density at radius 2 is 2.14 bits per heavy atom. The van der Waals surface area contributed by atoms with Crippen molar-refractivity contribution >= 4 is 22.6 Å². The fourth-order valence-corrected chi connectivity index (χ4v) is 2.62. The maximum Gasteiger partial charge on any atom is 0.137 e. The third-order valence-electron chi connectivity index (χ3n) is 3.45. The Morgan fingerprint density at radius 3 is 3.00 bits per heavy atom. The second-order valence-electron chi connectivity index (χ2n) is 4.74.